The highest BCUT2D eigenvalue weighted by Gasteiger charge is 2.22. The minimum atomic E-state index is -0.0829. The molecule has 35 heavy (non-hydrogen) atoms. The average Bonchev–Trinajstić information content (AvgIpc) is 3.30. The van der Waals surface area contributed by atoms with Crippen LogP contribution in [0, 0.1) is 6.92 Å². The lowest BCUT2D eigenvalue weighted by Gasteiger charge is -2.27. The molecule has 0 bridgehead atoms. The largest absolute Gasteiger partial charge is 0.464 e. The van der Waals surface area contributed by atoms with E-state index < -0.39 is 0 Å². The molecule has 0 aliphatic carbocycles. The molecule has 2 aromatic carbocycles. The Bertz CT molecular complexity index is 1030. The molecule has 0 spiro atoms. The van der Waals surface area contributed by atoms with Crippen molar-refractivity contribution in [1.29, 1.82) is 0 Å². The summed E-state index contributed by atoms with van der Waals surface area (Å²) in [5, 5.41) is 0. The van der Waals surface area contributed by atoms with Crippen LogP contribution in [0.15, 0.2) is 77.2 Å². The predicted molar refractivity (Wildman–Crippen MR) is 137 cm³/mol. The number of aryl methyl sites for hydroxylation is 2. The maximum atomic E-state index is 13.5. The molecule has 0 saturated carbocycles. The van der Waals surface area contributed by atoms with Crippen LogP contribution in [0.2, 0.25) is 0 Å². The fourth-order valence-electron chi connectivity index (χ4n) is 3.97. The van der Waals surface area contributed by atoms with Crippen molar-refractivity contribution in [2.45, 2.75) is 39.2 Å². The molecule has 2 amide bonds. The van der Waals surface area contributed by atoms with Crippen LogP contribution in [0.25, 0.3) is 0 Å². The van der Waals surface area contributed by atoms with Crippen molar-refractivity contribution in [2.24, 2.45) is 0 Å². The van der Waals surface area contributed by atoms with Crippen LogP contribution in [-0.4, -0.2) is 55.0 Å². The van der Waals surface area contributed by atoms with E-state index in [4.69, 9.17) is 9.15 Å². The first-order valence-electron chi connectivity index (χ1n) is 12.2. The van der Waals surface area contributed by atoms with Gasteiger partial charge in [0.1, 0.15) is 11.5 Å². The van der Waals surface area contributed by atoms with E-state index in [2.05, 4.69) is 12.1 Å². The number of ether oxygens (including phenoxy) is 1. The number of hydrogen-bond acceptors (Lipinski definition) is 4. The van der Waals surface area contributed by atoms with E-state index in [1.165, 1.54) is 0 Å². The molecule has 0 aliphatic rings. The zero-order valence-corrected chi connectivity index (χ0v) is 20.8. The lowest BCUT2D eigenvalue weighted by atomic mass is 10.1. The molecule has 0 N–H and O–H groups in total. The van der Waals surface area contributed by atoms with E-state index in [1.54, 1.807) is 16.9 Å². The summed E-state index contributed by atoms with van der Waals surface area (Å²) in [6.45, 7) is 3.89. The second-order valence-corrected chi connectivity index (χ2v) is 8.71. The van der Waals surface area contributed by atoms with Gasteiger partial charge in [0.25, 0.3) is 0 Å². The quantitative estimate of drug-likeness (QED) is 0.318. The van der Waals surface area contributed by atoms with Crippen molar-refractivity contribution >= 4 is 11.8 Å². The second-order valence-electron chi connectivity index (χ2n) is 8.71. The molecule has 1 heterocycles. The standard InChI is InChI=1S/C29H36N2O4/c1-24-14-16-27(35-24)22-31(20-18-26-12-7-4-8-13-26)29(33)23-30(19-9-21-34-2)28(32)17-15-25-10-5-3-6-11-25/h3-8,10-14,16H,9,15,17-23H2,1-2H3. The summed E-state index contributed by atoms with van der Waals surface area (Å²) in [5.74, 6) is 1.45. The summed E-state index contributed by atoms with van der Waals surface area (Å²) in [5.41, 5.74) is 2.28. The molecule has 0 fully saturated rings. The maximum Gasteiger partial charge on any atom is 0.242 e. The summed E-state index contributed by atoms with van der Waals surface area (Å²) in [6, 6.07) is 23.9. The van der Waals surface area contributed by atoms with E-state index in [-0.39, 0.29) is 18.4 Å². The van der Waals surface area contributed by atoms with E-state index >= 15 is 0 Å². The van der Waals surface area contributed by atoms with E-state index in [0.29, 0.717) is 45.5 Å². The van der Waals surface area contributed by atoms with Crippen LogP contribution in [0.5, 0.6) is 0 Å². The topological polar surface area (TPSA) is 63.0 Å². The first-order valence-corrected chi connectivity index (χ1v) is 12.2. The average molecular weight is 477 g/mol. The molecule has 0 aliphatic heterocycles. The summed E-state index contributed by atoms with van der Waals surface area (Å²) in [6.07, 6.45) is 2.43. The second kappa shape index (κ2) is 14.1. The van der Waals surface area contributed by atoms with Crippen LogP contribution >= 0.6 is 0 Å². The number of amides is 2. The van der Waals surface area contributed by atoms with Gasteiger partial charge in [-0.05, 0) is 49.4 Å². The van der Waals surface area contributed by atoms with Crippen molar-refractivity contribution in [1.82, 2.24) is 9.80 Å². The normalized spacial score (nSPS) is 10.8. The first-order chi connectivity index (χ1) is 17.0. The van der Waals surface area contributed by atoms with Gasteiger partial charge in [-0.2, -0.15) is 0 Å². The molecular weight excluding hydrogens is 440 g/mol. The van der Waals surface area contributed by atoms with Gasteiger partial charge in [0.15, 0.2) is 0 Å². The number of nitrogens with zero attached hydrogens (tertiary/aromatic N) is 2. The molecule has 3 rings (SSSR count). The molecule has 0 unspecified atom stereocenters. The Labute approximate surface area is 208 Å². The smallest absolute Gasteiger partial charge is 0.242 e. The molecule has 6 nitrogen and oxygen atoms in total. The monoisotopic (exact) mass is 476 g/mol. The third-order valence-electron chi connectivity index (χ3n) is 5.93. The number of carbonyl (C=O) groups excluding carboxylic acids is 2. The summed E-state index contributed by atoms with van der Waals surface area (Å²) in [7, 11) is 1.64. The minimum absolute atomic E-state index is 0.0184. The van der Waals surface area contributed by atoms with Gasteiger partial charge in [-0.1, -0.05) is 60.7 Å². The third kappa shape index (κ3) is 9.06. The van der Waals surface area contributed by atoms with Crippen LogP contribution in [0.4, 0.5) is 0 Å². The molecular formula is C29H36N2O4. The highest BCUT2D eigenvalue weighted by Crippen LogP contribution is 2.13. The highest BCUT2D eigenvalue weighted by atomic mass is 16.5. The number of methoxy groups -OCH3 is 1. The zero-order chi connectivity index (χ0) is 24.9. The van der Waals surface area contributed by atoms with Gasteiger partial charge in [0.2, 0.25) is 11.8 Å². The Morgan fingerprint density at radius 1 is 0.800 bits per heavy atom. The van der Waals surface area contributed by atoms with E-state index in [1.807, 2.05) is 67.6 Å². The van der Waals surface area contributed by atoms with Gasteiger partial charge in [0, 0.05) is 33.2 Å². The van der Waals surface area contributed by atoms with Crippen molar-refractivity contribution < 1.29 is 18.7 Å². The van der Waals surface area contributed by atoms with Gasteiger partial charge in [-0.3, -0.25) is 9.59 Å². The van der Waals surface area contributed by atoms with Crippen molar-refractivity contribution in [3.8, 4) is 0 Å². The maximum absolute atomic E-state index is 13.5. The highest BCUT2D eigenvalue weighted by molar-refractivity contribution is 5.85. The fourth-order valence-corrected chi connectivity index (χ4v) is 3.97. The van der Waals surface area contributed by atoms with Gasteiger partial charge < -0.3 is 19.0 Å². The number of furan rings is 1. The Balaban J connectivity index is 1.67. The van der Waals surface area contributed by atoms with Gasteiger partial charge in [-0.15, -0.1) is 0 Å². The van der Waals surface area contributed by atoms with Crippen LogP contribution in [-0.2, 0) is 33.7 Å². The van der Waals surface area contributed by atoms with E-state index in [0.717, 1.165) is 29.1 Å². The molecule has 0 saturated heterocycles. The van der Waals surface area contributed by atoms with Crippen molar-refractivity contribution in [2.75, 3.05) is 33.4 Å². The molecule has 186 valence electrons. The zero-order valence-electron chi connectivity index (χ0n) is 20.8. The van der Waals surface area contributed by atoms with Gasteiger partial charge in [0.05, 0.1) is 13.1 Å². The molecule has 0 radical (unpaired) electrons. The molecule has 1 aromatic heterocycles. The number of benzene rings is 2. The third-order valence-corrected chi connectivity index (χ3v) is 5.93. The van der Waals surface area contributed by atoms with Crippen LogP contribution < -0.4 is 0 Å². The molecule has 3 aromatic rings. The fraction of sp³-hybridized carbons (Fsp3) is 0.379. The van der Waals surface area contributed by atoms with Crippen LogP contribution in [0.1, 0.15) is 35.5 Å². The van der Waals surface area contributed by atoms with Crippen LogP contribution in [0.3, 0.4) is 0 Å². The van der Waals surface area contributed by atoms with E-state index in [9.17, 15) is 9.59 Å². The number of carbonyl (C=O) groups is 2. The Morgan fingerprint density at radius 3 is 2.06 bits per heavy atom. The predicted octanol–water partition coefficient (Wildman–Crippen LogP) is 4.66. The lowest BCUT2D eigenvalue weighted by molar-refractivity contribution is -0.141. The first kappa shape index (κ1) is 26.2. The minimum Gasteiger partial charge on any atom is -0.464 e. The summed E-state index contributed by atoms with van der Waals surface area (Å²) in [4.78, 5) is 30.0. The summed E-state index contributed by atoms with van der Waals surface area (Å²) >= 11 is 0. The SMILES string of the molecule is COCCCN(CC(=O)N(CCc1ccccc1)Cc1ccc(C)o1)C(=O)CCc1ccccc1. The van der Waals surface area contributed by atoms with Gasteiger partial charge in [-0.25, -0.2) is 0 Å². The Hall–Kier alpha value is -3.38. The molecule has 0 atom stereocenters. The number of rotatable bonds is 14. The Morgan fingerprint density at radius 2 is 1.46 bits per heavy atom. The number of hydrogen-bond donors (Lipinski definition) is 0. The van der Waals surface area contributed by atoms with Crippen molar-refractivity contribution in [3.63, 3.8) is 0 Å². The Kier molecular flexibility index (Phi) is 10.6. The summed E-state index contributed by atoms with van der Waals surface area (Å²) < 4.78 is 10.9. The van der Waals surface area contributed by atoms with Gasteiger partial charge >= 0.3 is 0 Å². The molecule has 6 heteroatoms. The lowest BCUT2D eigenvalue weighted by Crippen LogP contribution is -2.44. The van der Waals surface area contributed by atoms with Crippen molar-refractivity contribution in [3.05, 3.63) is 95.4 Å².